The van der Waals surface area contributed by atoms with Crippen molar-refractivity contribution in [1.82, 2.24) is 0 Å². The van der Waals surface area contributed by atoms with Crippen molar-refractivity contribution in [2.24, 2.45) is 0 Å². The van der Waals surface area contributed by atoms with Crippen LogP contribution < -0.4 is 9.47 Å². The Balaban J connectivity index is 1.92. The van der Waals surface area contributed by atoms with E-state index in [1.54, 1.807) is 0 Å². The molecule has 0 radical (unpaired) electrons. The highest BCUT2D eigenvalue weighted by Crippen LogP contribution is 2.29. The summed E-state index contributed by atoms with van der Waals surface area (Å²) in [6.45, 7) is 2.96. The van der Waals surface area contributed by atoms with Gasteiger partial charge in [-0.05, 0) is 42.8 Å². The van der Waals surface area contributed by atoms with E-state index >= 15 is 0 Å². The molecular formula is C16H15Br2ClO2. The van der Waals surface area contributed by atoms with Gasteiger partial charge in [-0.3, -0.25) is 0 Å². The molecule has 112 valence electrons. The molecule has 0 aliphatic heterocycles. The highest BCUT2D eigenvalue weighted by molar-refractivity contribution is 9.10. The van der Waals surface area contributed by atoms with Crippen molar-refractivity contribution < 1.29 is 9.47 Å². The molecule has 0 atom stereocenters. The molecule has 2 nitrogen and oxygen atoms in total. The summed E-state index contributed by atoms with van der Waals surface area (Å²) in [5.41, 5.74) is 2.04. The predicted molar refractivity (Wildman–Crippen MR) is 93.6 cm³/mol. The van der Waals surface area contributed by atoms with E-state index in [4.69, 9.17) is 21.1 Å². The van der Waals surface area contributed by atoms with Crippen LogP contribution in [0.1, 0.15) is 11.1 Å². The van der Waals surface area contributed by atoms with Gasteiger partial charge in [-0.1, -0.05) is 37.9 Å². The van der Waals surface area contributed by atoms with Gasteiger partial charge in [0.15, 0.2) is 0 Å². The zero-order valence-electron chi connectivity index (χ0n) is 11.5. The molecule has 2 rings (SSSR count). The lowest BCUT2D eigenvalue weighted by Gasteiger charge is -2.14. The fraction of sp³-hybridized carbons (Fsp3) is 0.250. The highest BCUT2D eigenvalue weighted by atomic mass is 79.9. The SMILES string of the molecule is Cc1cc(Br)cc(CCl)c1OCCOc1cccc(Br)c1. The third kappa shape index (κ3) is 4.90. The topological polar surface area (TPSA) is 18.5 Å². The van der Waals surface area contributed by atoms with E-state index in [0.29, 0.717) is 19.1 Å². The summed E-state index contributed by atoms with van der Waals surface area (Å²) < 4.78 is 13.5. The maximum atomic E-state index is 5.96. The Bertz CT molecular complexity index is 617. The van der Waals surface area contributed by atoms with Crippen LogP contribution in [0.4, 0.5) is 0 Å². The van der Waals surface area contributed by atoms with Crippen molar-refractivity contribution >= 4 is 43.5 Å². The molecule has 0 bridgehead atoms. The van der Waals surface area contributed by atoms with Crippen molar-refractivity contribution in [3.8, 4) is 11.5 Å². The lowest BCUT2D eigenvalue weighted by Crippen LogP contribution is -2.10. The first kappa shape index (κ1) is 16.7. The summed E-state index contributed by atoms with van der Waals surface area (Å²) in [6, 6.07) is 11.7. The monoisotopic (exact) mass is 432 g/mol. The third-order valence-electron chi connectivity index (χ3n) is 2.85. The maximum Gasteiger partial charge on any atom is 0.126 e. The molecule has 0 amide bonds. The molecule has 0 aliphatic rings. The summed E-state index contributed by atoms with van der Waals surface area (Å²) in [4.78, 5) is 0. The lowest BCUT2D eigenvalue weighted by atomic mass is 10.1. The minimum Gasteiger partial charge on any atom is -0.490 e. The van der Waals surface area contributed by atoms with Crippen molar-refractivity contribution in [3.05, 3.63) is 56.5 Å². The third-order valence-corrected chi connectivity index (χ3v) is 4.09. The van der Waals surface area contributed by atoms with E-state index in [9.17, 15) is 0 Å². The van der Waals surface area contributed by atoms with E-state index in [2.05, 4.69) is 31.9 Å². The Kier molecular flexibility index (Phi) is 6.40. The molecule has 5 heteroatoms. The molecule has 0 saturated heterocycles. The van der Waals surface area contributed by atoms with Crippen LogP contribution in [0.25, 0.3) is 0 Å². The highest BCUT2D eigenvalue weighted by Gasteiger charge is 2.08. The van der Waals surface area contributed by atoms with Gasteiger partial charge in [-0.25, -0.2) is 0 Å². The second-order valence-electron chi connectivity index (χ2n) is 4.50. The van der Waals surface area contributed by atoms with Gasteiger partial charge < -0.3 is 9.47 Å². The molecule has 2 aromatic rings. The van der Waals surface area contributed by atoms with Gasteiger partial charge in [0.1, 0.15) is 24.7 Å². The van der Waals surface area contributed by atoms with Crippen LogP contribution in [-0.2, 0) is 5.88 Å². The van der Waals surface area contributed by atoms with Gasteiger partial charge in [0.05, 0.1) is 5.88 Å². The minimum atomic E-state index is 0.419. The number of ether oxygens (including phenoxy) is 2. The van der Waals surface area contributed by atoms with Crippen LogP contribution in [0.5, 0.6) is 11.5 Å². The molecule has 0 aliphatic carbocycles. The number of rotatable bonds is 6. The normalized spacial score (nSPS) is 10.5. The van der Waals surface area contributed by atoms with E-state index in [-0.39, 0.29) is 0 Å². The number of hydrogen-bond acceptors (Lipinski definition) is 2. The second-order valence-corrected chi connectivity index (χ2v) is 6.60. The Labute approximate surface area is 146 Å². The van der Waals surface area contributed by atoms with Crippen LogP contribution in [0.3, 0.4) is 0 Å². The Morgan fingerprint density at radius 1 is 1.00 bits per heavy atom. The van der Waals surface area contributed by atoms with Gasteiger partial charge in [-0.2, -0.15) is 0 Å². The van der Waals surface area contributed by atoms with Gasteiger partial charge in [0, 0.05) is 14.5 Å². The van der Waals surface area contributed by atoms with Crippen molar-refractivity contribution in [3.63, 3.8) is 0 Å². The summed E-state index contributed by atoms with van der Waals surface area (Å²) in [5.74, 6) is 2.08. The average Bonchev–Trinajstić information content (AvgIpc) is 2.44. The maximum absolute atomic E-state index is 5.96. The van der Waals surface area contributed by atoms with Crippen LogP contribution in [0.15, 0.2) is 45.3 Å². The predicted octanol–water partition coefficient (Wildman–Crippen LogP) is 5.72. The van der Waals surface area contributed by atoms with Crippen LogP contribution in [-0.4, -0.2) is 13.2 Å². The zero-order chi connectivity index (χ0) is 15.2. The molecule has 0 unspecified atom stereocenters. The molecule has 0 heterocycles. The fourth-order valence-corrected chi connectivity index (χ4v) is 3.16. The Hall–Kier alpha value is -0.710. The van der Waals surface area contributed by atoms with Crippen LogP contribution in [0.2, 0.25) is 0 Å². The van der Waals surface area contributed by atoms with Crippen molar-refractivity contribution in [2.75, 3.05) is 13.2 Å². The van der Waals surface area contributed by atoms with E-state index in [1.807, 2.05) is 43.3 Å². The standard InChI is InChI=1S/C16H15Br2ClO2/c1-11-7-14(18)8-12(10-19)16(11)21-6-5-20-15-4-2-3-13(17)9-15/h2-4,7-9H,5-6,10H2,1H3. The zero-order valence-corrected chi connectivity index (χ0v) is 15.5. The largest absolute Gasteiger partial charge is 0.490 e. The minimum absolute atomic E-state index is 0.419. The van der Waals surface area contributed by atoms with Gasteiger partial charge in [0.25, 0.3) is 0 Å². The lowest BCUT2D eigenvalue weighted by molar-refractivity contribution is 0.215. The number of halogens is 3. The van der Waals surface area contributed by atoms with Gasteiger partial charge in [0.2, 0.25) is 0 Å². The summed E-state index contributed by atoms with van der Waals surface area (Å²) >= 11 is 12.8. The average molecular weight is 435 g/mol. The van der Waals surface area contributed by atoms with Crippen LogP contribution in [0, 0.1) is 6.92 Å². The summed E-state index contributed by atoms with van der Waals surface area (Å²) in [7, 11) is 0. The molecule has 0 spiro atoms. The van der Waals surface area contributed by atoms with Gasteiger partial charge in [-0.15, -0.1) is 11.6 Å². The van der Waals surface area contributed by atoms with E-state index in [0.717, 1.165) is 31.6 Å². The first-order valence-corrected chi connectivity index (χ1v) is 8.58. The van der Waals surface area contributed by atoms with Crippen molar-refractivity contribution in [1.29, 1.82) is 0 Å². The molecule has 0 N–H and O–H groups in total. The van der Waals surface area contributed by atoms with Crippen LogP contribution >= 0.6 is 43.5 Å². The molecular weight excluding hydrogens is 419 g/mol. The first-order chi connectivity index (χ1) is 10.1. The fourth-order valence-electron chi connectivity index (χ4n) is 1.97. The van der Waals surface area contributed by atoms with E-state index in [1.165, 1.54) is 0 Å². The first-order valence-electron chi connectivity index (χ1n) is 6.46. The Morgan fingerprint density at radius 2 is 1.76 bits per heavy atom. The quantitative estimate of drug-likeness (QED) is 0.428. The molecule has 0 aromatic heterocycles. The molecule has 0 fully saturated rings. The van der Waals surface area contributed by atoms with Gasteiger partial charge >= 0.3 is 0 Å². The molecule has 21 heavy (non-hydrogen) atoms. The number of aryl methyl sites for hydroxylation is 1. The summed E-state index contributed by atoms with van der Waals surface area (Å²) in [6.07, 6.45) is 0. The smallest absolute Gasteiger partial charge is 0.126 e. The summed E-state index contributed by atoms with van der Waals surface area (Å²) in [5, 5.41) is 0. The number of benzene rings is 2. The molecule has 2 aromatic carbocycles. The number of hydrogen-bond donors (Lipinski definition) is 0. The second kappa shape index (κ2) is 8.06. The van der Waals surface area contributed by atoms with E-state index < -0.39 is 0 Å². The Morgan fingerprint density at radius 3 is 2.48 bits per heavy atom. The van der Waals surface area contributed by atoms with Crippen molar-refractivity contribution in [2.45, 2.75) is 12.8 Å². The molecule has 0 saturated carbocycles. The number of alkyl halides is 1.